The first-order chi connectivity index (χ1) is 17.4. The number of carbonyl (C=O) groups is 3. The molecule has 3 amide bonds. The van der Waals surface area contributed by atoms with E-state index in [0.717, 1.165) is 11.1 Å². The molecule has 3 fully saturated rings. The molecule has 0 aromatic heterocycles. The molecule has 190 valence electrons. The van der Waals surface area contributed by atoms with Crippen molar-refractivity contribution >= 4 is 17.7 Å². The van der Waals surface area contributed by atoms with E-state index in [-0.39, 0.29) is 24.3 Å². The van der Waals surface area contributed by atoms with E-state index >= 15 is 0 Å². The Morgan fingerprint density at radius 3 is 2.17 bits per heavy atom. The summed E-state index contributed by atoms with van der Waals surface area (Å²) in [7, 11) is 0. The molecule has 0 aliphatic carbocycles. The summed E-state index contributed by atoms with van der Waals surface area (Å²) in [6.07, 6.45) is 0.907. The molecular formula is C28H33N3O5. The van der Waals surface area contributed by atoms with Crippen LogP contribution in [0.1, 0.15) is 44.7 Å². The Labute approximate surface area is 211 Å². The third-order valence-electron chi connectivity index (χ3n) is 7.59. The Bertz CT molecular complexity index is 1130. The molecule has 0 unspecified atom stereocenters. The van der Waals surface area contributed by atoms with Gasteiger partial charge < -0.3 is 19.3 Å². The molecule has 2 aromatic carbocycles. The highest BCUT2D eigenvalue weighted by Crippen LogP contribution is 2.39. The van der Waals surface area contributed by atoms with Gasteiger partial charge in [-0.05, 0) is 37.6 Å². The van der Waals surface area contributed by atoms with Crippen LogP contribution in [0.5, 0.6) is 0 Å². The van der Waals surface area contributed by atoms with Gasteiger partial charge in [0.1, 0.15) is 11.8 Å². The van der Waals surface area contributed by atoms with Crippen molar-refractivity contribution in [1.29, 1.82) is 0 Å². The summed E-state index contributed by atoms with van der Waals surface area (Å²) in [5.41, 5.74) is 2.30. The highest BCUT2D eigenvalue weighted by atomic mass is 16.5. The summed E-state index contributed by atoms with van der Waals surface area (Å²) in [6, 6.07) is 14.3. The maximum Gasteiger partial charge on any atom is 0.256 e. The normalized spacial score (nSPS) is 21.6. The second-order valence-corrected chi connectivity index (χ2v) is 9.86. The Kier molecular flexibility index (Phi) is 6.81. The third kappa shape index (κ3) is 4.51. The summed E-state index contributed by atoms with van der Waals surface area (Å²) in [6.45, 7) is 6.95. The van der Waals surface area contributed by atoms with Crippen molar-refractivity contribution in [2.75, 3.05) is 46.0 Å². The van der Waals surface area contributed by atoms with Crippen LogP contribution in [0.25, 0.3) is 0 Å². The van der Waals surface area contributed by atoms with E-state index in [1.165, 1.54) is 0 Å². The van der Waals surface area contributed by atoms with Crippen LogP contribution in [0.2, 0.25) is 0 Å². The molecule has 8 heteroatoms. The highest BCUT2D eigenvalue weighted by molar-refractivity contribution is 5.99. The zero-order valence-corrected chi connectivity index (χ0v) is 20.9. The zero-order valence-electron chi connectivity index (χ0n) is 20.9. The average molecular weight is 492 g/mol. The molecule has 0 radical (unpaired) electrons. The molecule has 8 nitrogen and oxygen atoms in total. The number of carbonyl (C=O) groups excluding carboxylic acids is 3. The quantitative estimate of drug-likeness (QED) is 0.660. The standard InChI is InChI=1S/C28H33N3O5/c1-20-7-9-22(10-8-20)25(32)31-24(27(34)30-15-17-35-18-16-30)19-36-28(31)11-13-29(14-12-28)26(33)23-6-4-3-5-21(23)2/h3-10,24H,11-19H2,1-2H3/t24-/m1/s1. The van der Waals surface area contributed by atoms with Gasteiger partial charge in [0.25, 0.3) is 11.8 Å². The molecule has 36 heavy (non-hydrogen) atoms. The van der Waals surface area contributed by atoms with Crippen LogP contribution in [0, 0.1) is 13.8 Å². The van der Waals surface area contributed by atoms with Crippen molar-refractivity contribution in [3.8, 4) is 0 Å². The Hall–Kier alpha value is -3.23. The van der Waals surface area contributed by atoms with Crippen LogP contribution in [-0.4, -0.2) is 90.2 Å². The number of rotatable bonds is 3. The van der Waals surface area contributed by atoms with Crippen LogP contribution >= 0.6 is 0 Å². The van der Waals surface area contributed by atoms with Crippen molar-refractivity contribution in [1.82, 2.24) is 14.7 Å². The van der Waals surface area contributed by atoms with Gasteiger partial charge in [0.05, 0.1) is 19.8 Å². The number of hydrogen-bond donors (Lipinski definition) is 0. The predicted octanol–water partition coefficient (Wildman–Crippen LogP) is 2.64. The second-order valence-electron chi connectivity index (χ2n) is 9.86. The van der Waals surface area contributed by atoms with Crippen LogP contribution in [-0.2, 0) is 14.3 Å². The fraction of sp³-hybridized carbons (Fsp3) is 0.464. The highest BCUT2D eigenvalue weighted by Gasteiger charge is 2.55. The van der Waals surface area contributed by atoms with Crippen LogP contribution in [0.15, 0.2) is 48.5 Å². The molecule has 3 saturated heterocycles. The van der Waals surface area contributed by atoms with Gasteiger partial charge in [-0.1, -0.05) is 35.9 Å². The van der Waals surface area contributed by atoms with Crippen molar-refractivity contribution in [3.05, 3.63) is 70.8 Å². The first-order valence-electron chi connectivity index (χ1n) is 12.7. The van der Waals surface area contributed by atoms with Gasteiger partial charge in [-0.2, -0.15) is 0 Å². The maximum absolute atomic E-state index is 13.9. The number of nitrogens with zero attached hydrogens (tertiary/aromatic N) is 3. The van der Waals surface area contributed by atoms with Gasteiger partial charge in [-0.3, -0.25) is 19.3 Å². The SMILES string of the molecule is Cc1ccc(C(=O)N2[C@@H](C(=O)N3CCOCC3)COC23CCN(C(=O)c2ccccc2C)CC3)cc1. The third-order valence-corrected chi connectivity index (χ3v) is 7.59. The molecule has 3 heterocycles. The van der Waals surface area contributed by atoms with E-state index in [4.69, 9.17) is 9.47 Å². The molecule has 1 spiro atoms. The van der Waals surface area contributed by atoms with Gasteiger partial charge >= 0.3 is 0 Å². The molecule has 3 aliphatic rings. The van der Waals surface area contributed by atoms with Gasteiger partial charge in [0.2, 0.25) is 5.91 Å². The molecule has 0 N–H and O–H groups in total. The van der Waals surface area contributed by atoms with E-state index in [9.17, 15) is 14.4 Å². The monoisotopic (exact) mass is 491 g/mol. The number of likely N-dealkylation sites (tertiary alicyclic amines) is 1. The van der Waals surface area contributed by atoms with Gasteiger partial charge in [-0.25, -0.2) is 0 Å². The van der Waals surface area contributed by atoms with Gasteiger partial charge in [0.15, 0.2) is 0 Å². The second kappa shape index (κ2) is 10.0. The van der Waals surface area contributed by atoms with Gasteiger partial charge in [0, 0.05) is 50.1 Å². The number of aryl methyl sites for hydroxylation is 2. The lowest BCUT2D eigenvalue weighted by molar-refractivity contribution is -0.141. The topological polar surface area (TPSA) is 79.4 Å². The van der Waals surface area contributed by atoms with Crippen molar-refractivity contribution < 1.29 is 23.9 Å². The van der Waals surface area contributed by atoms with Crippen molar-refractivity contribution in [2.45, 2.75) is 38.5 Å². The molecule has 0 saturated carbocycles. The van der Waals surface area contributed by atoms with Crippen molar-refractivity contribution in [3.63, 3.8) is 0 Å². The first kappa shape index (κ1) is 24.5. The largest absolute Gasteiger partial charge is 0.378 e. The smallest absolute Gasteiger partial charge is 0.256 e. The summed E-state index contributed by atoms with van der Waals surface area (Å²) < 4.78 is 11.7. The number of amides is 3. The number of benzene rings is 2. The number of ether oxygens (including phenoxy) is 2. The number of morpholine rings is 1. The Balaban J connectivity index is 1.40. The summed E-state index contributed by atoms with van der Waals surface area (Å²) in [5.74, 6) is -0.329. The minimum absolute atomic E-state index is 0.0155. The van der Waals surface area contributed by atoms with Crippen molar-refractivity contribution in [2.24, 2.45) is 0 Å². The summed E-state index contributed by atoms with van der Waals surface area (Å²) in [5, 5.41) is 0. The van der Waals surface area contributed by atoms with E-state index in [1.54, 1.807) is 21.9 Å². The zero-order chi connectivity index (χ0) is 25.3. The summed E-state index contributed by atoms with van der Waals surface area (Å²) in [4.78, 5) is 45.9. The lowest BCUT2D eigenvalue weighted by Crippen LogP contribution is -2.60. The maximum atomic E-state index is 13.9. The molecule has 0 bridgehead atoms. The number of piperidine rings is 1. The number of hydrogen-bond acceptors (Lipinski definition) is 5. The van der Waals surface area contributed by atoms with E-state index < -0.39 is 11.8 Å². The summed E-state index contributed by atoms with van der Waals surface area (Å²) >= 11 is 0. The van der Waals surface area contributed by atoms with Crippen LogP contribution < -0.4 is 0 Å². The Morgan fingerprint density at radius 1 is 0.833 bits per heavy atom. The fourth-order valence-electron chi connectivity index (χ4n) is 5.43. The minimum Gasteiger partial charge on any atom is -0.378 e. The molecule has 3 aliphatic heterocycles. The van der Waals surface area contributed by atoms with E-state index in [0.29, 0.717) is 63.4 Å². The van der Waals surface area contributed by atoms with E-state index in [2.05, 4.69) is 0 Å². The molecular weight excluding hydrogens is 458 g/mol. The first-order valence-corrected chi connectivity index (χ1v) is 12.7. The van der Waals surface area contributed by atoms with Crippen LogP contribution in [0.4, 0.5) is 0 Å². The lowest BCUT2D eigenvalue weighted by Gasteiger charge is -2.45. The lowest BCUT2D eigenvalue weighted by atomic mass is 9.95. The molecule has 2 aromatic rings. The fourth-order valence-corrected chi connectivity index (χ4v) is 5.43. The Morgan fingerprint density at radius 2 is 1.50 bits per heavy atom. The molecule has 1 atom stereocenters. The predicted molar refractivity (Wildman–Crippen MR) is 134 cm³/mol. The van der Waals surface area contributed by atoms with E-state index in [1.807, 2.05) is 55.1 Å². The van der Waals surface area contributed by atoms with Crippen LogP contribution in [0.3, 0.4) is 0 Å². The molecule has 5 rings (SSSR count). The average Bonchev–Trinajstić information content (AvgIpc) is 3.27. The van der Waals surface area contributed by atoms with Gasteiger partial charge in [-0.15, -0.1) is 0 Å². The minimum atomic E-state index is -0.920.